The Balaban J connectivity index is 2.18. The number of nitrogens with zero attached hydrogens (tertiary/aromatic N) is 1. The molecule has 2 atom stereocenters. The molecule has 7 heteroatoms. The number of pyridine rings is 1. The van der Waals surface area contributed by atoms with Crippen LogP contribution in [0.2, 0.25) is 0 Å². The molecule has 0 saturated heterocycles. The second-order valence-corrected chi connectivity index (χ2v) is 8.01. The van der Waals surface area contributed by atoms with E-state index in [0.717, 1.165) is 5.52 Å². The smallest absolute Gasteiger partial charge is 0.303 e. The molecule has 3 aromatic rings. The van der Waals surface area contributed by atoms with Gasteiger partial charge in [0.05, 0.1) is 29.1 Å². The highest BCUT2D eigenvalue weighted by Gasteiger charge is 2.48. The topological polar surface area (TPSA) is 76.0 Å². The van der Waals surface area contributed by atoms with Crippen molar-refractivity contribution >= 4 is 27.8 Å². The van der Waals surface area contributed by atoms with E-state index in [1.807, 2.05) is 43.7 Å². The quantitative estimate of drug-likeness (QED) is 0.485. The lowest BCUT2D eigenvalue weighted by molar-refractivity contribution is -0.178. The molecule has 0 radical (unpaired) electrons. The maximum absolute atomic E-state index is 13.4. The van der Waals surface area contributed by atoms with Crippen LogP contribution in [0, 0.1) is 0 Å². The van der Waals surface area contributed by atoms with E-state index in [9.17, 15) is 9.59 Å². The number of rotatable bonds is 3. The number of aryl methyl sites for hydroxylation is 1. The van der Waals surface area contributed by atoms with E-state index in [0.29, 0.717) is 33.4 Å². The third kappa shape index (κ3) is 2.84. The summed E-state index contributed by atoms with van der Waals surface area (Å²) in [6, 6.07) is 9.12. The molecule has 30 heavy (non-hydrogen) atoms. The molecule has 1 aromatic heterocycles. The lowest BCUT2D eigenvalue weighted by Crippen LogP contribution is -2.51. The van der Waals surface area contributed by atoms with Crippen LogP contribution in [0.3, 0.4) is 0 Å². The third-order valence-electron chi connectivity index (χ3n) is 5.72. The molecule has 0 bridgehead atoms. The van der Waals surface area contributed by atoms with E-state index >= 15 is 0 Å². The van der Waals surface area contributed by atoms with Crippen LogP contribution >= 0.6 is 0 Å². The molecule has 1 aliphatic rings. The maximum Gasteiger partial charge on any atom is 0.303 e. The van der Waals surface area contributed by atoms with Gasteiger partial charge in [-0.1, -0.05) is 12.1 Å². The molecule has 7 nitrogen and oxygen atoms in total. The van der Waals surface area contributed by atoms with Gasteiger partial charge in [-0.25, -0.2) is 0 Å². The summed E-state index contributed by atoms with van der Waals surface area (Å²) in [7, 11) is 4.97. The first-order chi connectivity index (χ1) is 14.2. The van der Waals surface area contributed by atoms with Crippen molar-refractivity contribution in [1.82, 2.24) is 4.57 Å². The maximum atomic E-state index is 13.4. The number of benzene rings is 2. The molecule has 2 heterocycles. The van der Waals surface area contributed by atoms with Crippen LogP contribution < -0.4 is 14.9 Å². The van der Waals surface area contributed by atoms with Crippen molar-refractivity contribution in [3.63, 3.8) is 0 Å². The third-order valence-corrected chi connectivity index (χ3v) is 5.72. The van der Waals surface area contributed by atoms with E-state index < -0.39 is 23.8 Å². The van der Waals surface area contributed by atoms with E-state index in [4.69, 9.17) is 18.9 Å². The Labute approximate surface area is 174 Å². The number of aromatic nitrogens is 1. The first-order valence-electron chi connectivity index (χ1n) is 9.72. The van der Waals surface area contributed by atoms with Crippen LogP contribution in [0.25, 0.3) is 21.8 Å². The largest absolute Gasteiger partial charge is 0.496 e. The van der Waals surface area contributed by atoms with Crippen molar-refractivity contribution in [1.29, 1.82) is 0 Å². The Kier molecular flexibility index (Phi) is 4.73. The Morgan fingerprint density at radius 3 is 2.53 bits per heavy atom. The fourth-order valence-corrected chi connectivity index (χ4v) is 4.42. The predicted octanol–water partition coefficient (Wildman–Crippen LogP) is 3.49. The first kappa shape index (κ1) is 20.2. The van der Waals surface area contributed by atoms with Crippen LogP contribution in [-0.2, 0) is 21.3 Å². The van der Waals surface area contributed by atoms with E-state index in [1.165, 1.54) is 14.0 Å². The summed E-state index contributed by atoms with van der Waals surface area (Å²) in [5.74, 6) is 0.524. The summed E-state index contributed by atoms with van der Waals surface area (Å²) < 4.78 is 25.3. The monoisotopic (exact) mass is 411 g/mol. The molecule has 0 spiro atoms. The second kappa shape index (κ2) is 7.02. The number of hydrogen-bond donors (Lipinski definition) is 0. The first-order valence-corrected chi connectivity index (χ1v) is 9.72. The summed E-state index contributed by atoms with van der Waals surface area (Å²) >= 11 is 0. The molecule has 0 unspecified atom stereocenters. The minimum atomic E-state index is -0.853. The van der Waals surface area contributed by atoms with Crippen LogP contribution in [-0.4, -0.2) is 36.5 Å². The van der Waals surface area contributed by atoms with Gasteiger partial charge in [0, 0.05) is 32.5 Å². The van der Waals surface area contributed by atoms with Gasteiger partial charge < -0.3 is 23.5 Å². The second-order valence-electron chi connectivity index (χ2n) is 8.01. The predicted molar refractivity (Wildman–Crippen MR) is 113 cm³/mol. The standard InChI is InChI=1S/C23H25NO6/c1-12(25)29-22-21(28-6)18-16(30-23(22,2)3)11-15(27-5)17-19(18)24(4)14-10-8-7-9-13(14)20(17)26/h7-11,21-22H,1-6H3/t21-,22-/m1/s1. The van der Waals surface area contributed by atoms with E-state index in [1.54, 1.807) is 19.2 Å². The molecule has 0 fully saturated rings. The SMILES string of the molecule is COc1cc2c(c3c1c(=O)c1ccccc1n3C)[C@@H](OC)[C@@H](OC(C)=O)C(C)(C)O2. The Morgan fingerprint density at radius 2 is 1.90 bits per heavy atom. The average molecular weight is 411 g/mol. The summed E-state index contributed by atoms with van der Waals surface area (Å²) in [5.41, 5.74) is 1.07. The normalized spacial score (nSPS) is 19.9. The lowest BCUT2D eigenvalue weighted by Gasteiger charge is -2.43. The van der Waals surface area contributed by atoms with E-state index in [-0.39, 0.29) is 5.43 Å². The van der Waals surface area contributed by atoms with Crippen molar-refractivity contribution in [2.24, 2.45) is 7.05 Å². The Bertz CT molecular complexity index is 1230. The van der Waals surface area contributed by atoms with E-state index in [2.05, 4.69) is 0 Å². The van der Waals surface area contributed by atoms with Crippen molar-refractivity contribution < 1.29 is 23.7 Å². The van der Waals surface area contributed by atoms with Crippen LogP contribution in [0.15, 0.2) is 35.1 Å². The minimum absolute atomic E-state index is 0.137. The molecule has 1 aliphatic heterocycles. The van der Waals surface area contributed by atoms with Crippen LogP contribution in [0.1, 0.15) is 32.4 Å². The molecule has 0 amide bonds. The van der Waals surface area contributed by atoms with Gasteiger partial charge in [0.25, 0.3) is 0 Å². The zero-order valence-electron chi connectivity index (χ0n) is 17.9. The highest BCUT2D eigenvalue weighted by atomic mass is 16.6. The molecule has 0 aliphatic carbocycles. The van der Waals surface area contributed by atoms with Gasteiger partial charge in [0.1, 0.15) is 23.2 Å². The van der Waals surface area contributed by atoms with Gasteiger partial charge >= 0.3 is 5.97 Å². The number of carbonyl (C=O) groups is 1. The fourth-order valence-electron chi connectivity index (χ4n) is 4.42. The van der Waals surface area contributed by atoms with Crippen molar-refractivity contribution in [2.45, 2.75) is 38.6 Å². The highest BCUT2D eigenvalue weighted by molar-refractivity contribution is 5.99. The molecule has 158 valence electrons. The molecule has 2 aromatic carbocycles. The number of esters is 1. The number of para-hydroxylation sites is 1. The van der Waals surface area contributed by atoms with Crippen LogP contribution in [0.4, 0.5) is 0 Å². The number of carbonyl (C=O) groups excluding carboxylic acids is 1. The average Bonchev–Trinajstić information content (AvgIpc) is 2.70. The summed E-state index contributed by atoms with van der Waals surface area (Å²) in [6.45, 7) is 5.03. The van der Waals surface area contributed by atoms with Gasteiger partial charge in [-0.15, -0.1) is 0 Å². The molecular weight excluding hydrogens is 386 g/mol. The molecule has 0 saturated carbocycles. The van der Waals surface area contributed by atoms with Gasteiger partial charge in [-0.3, -0.25) is 9.59 Å². The summed E-state index contributed by atoms with van der Waals surface area (Å²) in [5, 5.41) is 1.03. The Hall–Kier alpha value is -3.06. The number of methoxy groups -OCH3 is 2. The summed E-state index contributed by atoms with van der Waals surface area (Å²) in [6.07, 6.45) is -1.33. The molecular formula is C23H25NO6. The van der Waals surface area contributed by atoms with Crippen molar-refractivity contribution in [2.75, 3.05) is 14.2 Å². The molecule has 0 N–H and O–H groups in total. The molecule has 4 rings (SSSR count). The lowest BCUT2D eigenvalue weighted by atomic mass is 9.86. The summed E-state index contributed by atoms with van der Waals surface area (Å²) in [4.78, 5) is 25.3. The zero-order chi connectivity index (χ0) is 21.8. The van der Waals surface area contributed by atoms with Gasteiger partial charge in [-0.05, 0) is 26.0 Å². The van der Waals surface area contributed by atoms with Gasteiger partial charge in [0.2, 0.25) is 5.43 Å². The van der Waals surface area contributed by atoms with Crippen molar-refractivity contribution in [3.05, 3.63) is 46.1 Å². The fraction of sp³-hybridized carbons (Fsp3) is 0.391. The van der Waals surface area contributed by atoms with Gasteiger partial charge in [0.15, 0.2) is 6.10 Å². The van der Waals surface area contributed by atoms with Gasteiger partial charge in [-0.2, -0.15) is 0 Å². The van der Waals surface area contributed by atoms with Crippen LogP contribution in [0.5, 0.6) is 11.5 Å². The highest BCUT2D eigenvalue weighted by Crippen LogP contribution is 2.48. The zero-order valence-corrected chi connectivity index (χ0v) is 17.9. The number of hydrogen-bond acceptors (Lipinski definition) is 6. The number of ether oxygens (including phenoxy) is 4. The Morgan fingerprint density at radius 1 is 1.20 bits per heavy atom. The number of fused-ring (bicyclic) bond motifs is 4. The minimum Gasteiger partial charge on any atom is -0.496 e. The van der Waals surface area contributed by atoms with Crippen molar-refractivity contribution in [3.8, 4) is 11.5 Å².